The van der Waals surface area contributed by atoms with E-state index in [-0.39, 0.29) is 30.8 Å². The van der Waals surface area contributed by atoms with Crippen molar-refractivity contribution in [3.8, 4) is 11.5 Å². The molecule has 0 aliphatic carbocycles. The van der Waals surface area contributed by atoms with Crippen LogP contribution in [-0.2, 0) is 11.3 Å². The largest absolute Gasteiger partial charge is 0.573 e. The quantitative estimate of drug-likeness (QED) is 0.585. The predicted molar refractivity (Wildman–Crippen MR) is 113 cm³/mol. The summed E-state index contributed by atoms with van der Waals surface area (Å²) in [5.41, 5.74) is 0.790. The molecule has 1 aliphatic rings. The van der Waals surface area contributed by atoms with Crippen molar-refractivity contribution >= 4 is 12.1 Å². The smallest absolute Gasteiger partial charge is 0.490 e. The third-order valence-corrected chi connectivity index (χ3v) is 4.96. The lowest BCUT2D eigenvalue weighted by molar-refractivity contribution is -0.274. The number of halogens is 3. The molecule has 0 saturated carbocycles. The normalized spacial score (nSPS) is 14.5. The third-order valence-electron chi connectivity index (χ3n) is 4.96. The SMILES string of the molecule is CCOC(=O)N(Cc1ccccc1)C(=O)N1CCC(Oc2cccc(OC(F)(F)F)c2)CC1. The molecular formula is C23H25F3N2O5. The Balaban J connectivity index is 1.58. The number of piperidine rings is 1. The number of hydrogen-bond acceptors (Lipinski definition) is 5. The summed E-state index contributed by atoms with van der Waals surface area (Å²) in [6, 6.07) is 14.0. The zero-order valence-corrected chi connectivity index (χ0v) is 18.1. The van der Waals surface area contributed by atoms with Crippen molar-refractivity contribution in [3.05, 3.63) is 60.2 Å². The standard InChI is InChI=1S/C23H25F3N2O5/c1-2-31-22(30)28(16-17-7-4-3-5-8-17)21(29)27-13-11-18(12-14-27)32-19-9-6-10-20(15-19)33-23(24,25)26/h3-10,15,18H,2,11-14,16H2,1H3. The minimum absolute atomic E-state index is 0.0843. The van der Waals surface area contributed by atoms with Crippen molar-refractivity contribution in [1.29, 1.82) is 0 Å². The summed E-state index contributed by atoms with van der Waals surface area (Å²) in [5, 5.41) is 0. The summed E-state index contributed by atoms with van der Waals surface area (Å²) < 4.78 is 52.0. The number of urea groups is 1. The third kappa shape index (κ3) is 7.30. The Morgan fingerprint density at radius 3 is 2.33 bits per heavy atom. The van der Waals surface area contributed by atoms with Crippen LogP contribution in [0.1, 0.15) is 25.3 Å². The number of amides is 3. The number of hydrogen-bond donors (Lipinski definition) is 0. The van der Waals surface area contributed by atoms with Gasteiger partial charge in [0.15, 0.2) is 0 Å². The van der Waals surface area contributed by atoms with Crippen LogP contribution >= 0.6 is 0 Å². The van der Waals surface area contributed by atoms with E-state index in [0.717, 1.165) is 10.5 Å². The van der Waals surface area contributed by atoms with E-state index in [1.54, 1.807) is 17.9 Å². The molecule has 1 saturated heterocycles. The topological polar surface area (TPSA) is 68.3 Å². The summed E-state index contributed by atoms with van der Waals surface area (Å²) >= 11 is 0. The first-order valence-corrected chi connectivity index (χ1v) is 10.5. The van der Waals surface area contributed by atoms with Gasteiger partial charge in [0.25, 0.3) is 0 Å². The fraction of sp³-hybridized carbons (Fsp3) is 0.391. The number of nitrogens with zero attached hydrogens (tertiary/aromatic N) is 2. The molecule has 2 aromatic rings. The van der Waals surface area contributed by atoms with Gasteiger partial charge in [-0.25, -0.2) is 14.5 Å². The molecule has 178 valence electrons. The Hall–Kier alpha value is -3.43. The highest BCUT2D eigenvalue weighted by atomic mass is 19.4. The van der Waals surface area contributed by atoms with Crippen molar-refractivity contribution in [2.45, 2.75) is 38.8 Å². The fourth-order valence-electron chi connectivity index (χ4n) is 3.45. The van der Waals surface area contributed by atoms with Crippen molar-refractivity contribution in [2.75, 3.05) is 19.7 Å². The molecule has 3 amide bonds. The second-order valence-electron chi connectivity index (χ2n) is 7.38. The Morgan fingerprint density at radius 2 is 1.70 bits per heavy atom. The Morgan fingerprint density at radius 1 is 1.03 bits per heavy atom. The molecule has 33 heavy (non-hydrogen) atoms. The molecule has 3 rings (SSSR count). The van der Waals surface area contributed by atoms with Crippen LogP contribution in [-0.4, -0.2) is 54.1 Å². The average molecular weight is 466 g/mol. The Bertz CT molecular complexity index is 931. The number of carbonyl (C=O) groups excluding carboxylic acids is 2. The van der Waals surface area contributed by atoms with Crippen LogP contribution in [0.15, 0.2) is 54.6 Å². The summed E-state index contributed by atoms with van der Waals surface area (Å²) in [4.78, 5) is 28.1. The maximum Gasteiger partial charge on any atom is 0.573 e. The van der Waals surface area contributed by atoms with Crippen LogP contribution in [0.5, 0.6) is 11.5 Å². The van der Waals surface area contributed by atoms with Crippen LogP contribution in [0.4, 0.5) is 22.8 Å². The summed E-state index contributed by atoms with van der Waals surface area (Å²) in [5.74, 6) is -0.114. The van der Waals surface area contributed by atoms with E-state index < -0.39 is 18.5 Å². The number of rotatable bonds is 6. The Labute approximate surface area is 189 Å². The molecule has 0 spiro atoms. The van der Waals surface area contributed by atoms with Crippen LogP contribution in [0.25, 0.3) is 0 Å². The molecule has 0 N–H and O–H groups in total. The van der Waals surface area contributed by atoms with E-state index in [2.05, 4.69) is 4.74 Å². The lowest BCUT2D eigenvalue weighted by Gasteiger charge is -2.34. The van der Waals surface area contributed by atoms with Gasteiger partial charge in [0.1, 0.15) is 17.6 Å². The van der Waals surface area contributed by atoms with Gasteiger partial charge >= 0.3 is 18.5 Å². The molecular weight excluding hydrogens is 441 g/mol. The van der Waals surface area contributed by atoms with Gasteiger partial charge in [-0.1, -0.05) is 36.4 Å². The minimum Gasteiger partial charge on any atom is -0.490 e. The lowest BCUT2D eigenvalue weighted by atomic mass is 10.1. The second kappa shape index (κ2) is 10.9. The number of likely N-dealkylation sites (tertiary alicyclic amines) is 1. The minimum atomic E-state index is -4.78. The first kappa shape index (κ1) is 24.2. The molecule has 1 fully saturated rings. The van der Waals surface area contributed by atoms with Crippen molar-refractivity contribution in [1.82, 2.24) is 9.80 Å². The Kier molecular flexibility index (Phi) is 8.02. The van der Waals surface area contributed by atoms with Crippen molar-refractivity contribution in [2.24, 2.45) is 0 Å². The summed E-state index contributed by atoms with van der Waals surface area (Å²) in [6.07, 6.45) is -4.88. The monoisotopic (exact) mass is 466 g/mol. The molecule has 7 nitrogen and oxygen atoms in total. The van der Waals surface area contributed by atoms with Crippen LogP contribution < -0.4 is 9.47 Å². The van der Waals surface area contributed by atoms with Gasteiger partial charge in [-0.05, 0) is 24.6 Å². The van der Waals surface area contributed by atoms with Gasteiger partial charge < -0.3 is 19.1 Å². The van der Waals surface area contributed by atoms with E-state index in [1.165, 1.54) is 18.2 Å². The summed E-state index contributed by atoms with van der Waals surface area (Å²) in [6.45, 7) is 2.55. The maximum absolute atomic E-state index is 13.0. The van der Waals surface area contributed by atoms with Gasteiger partial charge in [0.05, 0.1) is 13.2 Å². The lowest BCUT2D eigenvalue weighted by Crippen LogP contribution is -2.50. The fourth-order valence-corrected chi connectivity index (χ4v) is 3.45. The van der Waals surface area contributed by atoms with Gasteiger partial charge in [0.2, 0.25) is 0 Å². The molecule has 0 atom stereocenters. The van der Waals surface area contributed by atoms with Crippen molar-refractivity contribution in [3.63, 3.8) is 0 Å². The van der Waals surface area contributed by atoms with E-state index in [0.29, 0.717) is 25.9 Å². The molecule has 0 radical (unpaired) electrons. The van der Waals surface area contributed by atoms with Gasteiger partial charge in [-0.2, -0.15) is 0 Å². The van der Waals surface area contributed by atoms with E-state index >= 15 is 0 Å². The van der Waals surface area contributed by atoms with E-state index in [9.17, 15) is 22.8 Å². The first-order chi connectivity index (χ1) is 15.7. The van der Waals surface area contributed by atoms with E-state index in [4.69, 9.17) is 9.47 Å². The molecule has 0 unspecified atom stereocenters. The summed E-state index contributed by atoms with van der Waals surface area (Å²) in [7, 11) is 0. The zero-order chi connectivity index (χ0) is 23.8. The van der Waals surface area contributed by atoms with Crippen LogP contribution in [0.3, 0.4) is 0 Å². The molecule has 2 aromatic carbocycles. The highest BCUT2D eigenvalue weighted by molar-refractivity contribution is 5.91. The number of ether oxygens (including phenoxy) is 3. The van der Waals surface area contributed by atoms with E-state index in [1.807, 2.05) is 30.3 Å². The maximum atomic E-state index is 13.0. The number of alkyl halides is 3. The molecule has 0 bridgehead atoms. The second-order valence-corrected chi connectivity index (χ2v) is 7.38. The average Bonchev–Trinajstić information content (AvgIpc) is 2.77. The van der Waals surface area contributed by atoms with Gasteiger partial charge in [-0.3, -0.25) is 0 Å². The molecule has 1 aliphatic heterocycles. The van der Waals surface area contributed by atoms with Crippen LogP contribution in [0.2, 0.25) is 0 Å². The highest BCUT2D eigenvalue weighted by Crippen LogP contribution is 2.28. The first-order valence-electron chi connectivity index (χ1n) is 10.5. The predicted octanol–water partition coefficient (Wildman–Crippen LogP) is 5.21. The number of benzene rings is 2. The van der Waals surface area contributed by atoms with Gasteiger partial charge in [-0.15, -0.1) is 13.2 Å². The number of carbonyl (C=O) groups is 2. The number of imide groups is 1. The molecule has 0 aromatic heterocycles. The van der Waals surface area contributed by atoms with Crippen LogP contribution in [0, 0.1) is 0 Å². The molecule has 10 heteroatoms. The van der Waals surface area contributed by atoms with Crippen molar-refractivity contribution < 1.29 is 37.0 Å². The zero-order valence-electron chi connectivity index (χ0n) is 18.1. The highest BCUT2D eigenvalue weighted by Gasteiger charge is 2.32. The van der Waals surface area contributed by atoms with Gasteiger partial charge in [0, 0.05) is 32.0 Å². The molecule has 1 heterocycles.